The number of rotatable bonds is 4. The third kappa shape index (κ3) is 2.71. The number of carbonyl (C=O) groups excluding carboxylic acids is 2. The van der Waals surface area contributed by atoms with E-state index in [9.17, 15) is 9.59 Å². The first-order valence-electron chi connectivity index (χ1n) is 7.54. The summed E-state index contributed by atoms with van der Waals surface area (Å²) in [6.45, 7) is 3.28. The molecule has 2 aliphatic heterocycles. The molecule has 2 amide bonds. The minimum absolute atomic E-state index is 0.158. The van der Waals surface area contributed by atoms with Crippen molar-refractivity contribution in [2.45, 2.75) is 18.9 Å². The third-order valence-electron chi connectivity index (χ3n) is 4.49. The van der Waals surface area contributed by atoms with Crippen LogP contribution in [0.25, 0.3) is 0 Å². The molecular weight excluding hydrogens is 266 g/mol. The predicted octanol–water partition coefficient (Wildman–Crippen LogP) is 0.966. The van der Waals surface area contributed by atoms with E-state index in [0.29, 0.717) is 23.7 Å². The zero-order valence-electron chi connectivity index (χ0n) is 12.3. The Morgan fingerprint density at radius 1 is 1.14 bits per heavy atom. The molecule has 2 aliphatic rings. The number of carbonyl (C=O) groups is 2. The second-order valence-electron chi connectivity index (χ2n) is 5.77. The summed E-state index contributed by atoms with van der Waals surface area (Å²) in [5, 5.41) is 3.35. The summed E-state index contributed by atoms with van der Waals surface area (Å²) in [5.41, 5.74) is 1.07. The number of benzene rings is 1. The zero-order valence-corrected chi connectivity index (χ0v) is 12.3. The highest BCUT2D eigenvalue weighted by atomic mass is 16.2. The van der Waals surface area contributed by atoms with Gasteiger partial charge in [-0.15, -0.1) is 0 Å². The maximum atomic E-state index is 12.3. The van der Waals surface area contributed by atoms with E-state index >= 15 is 0 Å². The summed E-state index contributed by atoms with van der Waals surface area (Å²) in [5.74, 6) is -0.316. The number of piperidine rings is 1. The number of imide groups is 1. The van der Waals surface area contributed by atoms with Crippen LogP contribution in [0.5, 0.6) is 0 Å². The van der Waals surface area contributed by atoms with Gasteiger partial charge in [0.2, 0.25) is 0 Å². The van der Waals surface area contributed by atoms with Crippen molar-refractivity contribution in [2.24, 2.45) is 0 Å². The highest BCUT2D eigenvalue weighted by molar-refractivity contribution is 6.21. The Hall–Kier alpha value is -1.72. The van der Waals surface area contributed by atoms with Crippen LogP contribution in [0.3, 0.4) is 0 Å². The fourth-order valence-corrected chi connectivity index (χ4v) is 3.13. The van der Waals surface area contributed by atoms with Crippen LogP contribution in [0.1, 0.15) is 33.6 Å². The Bertz CT molecular complexity index is 517. The summed E-state index contributed by atoms with van der Waals surface area (Å²) in [4.78, 5) is 28.2. The van der Waals surface area contributed by atoms with Crippen LogP contribution < -0.4 is 5.32 Å². The Balaban J connectivity index is 1.61. The molecule has 0 saturated carbocycles. The Morgan fingerprint density at radius 3 is 2.29 bits per heavy atom. The van der Waals surface area contributed by atoms with Crippen molar-refractivity contribution in [3.63, 3.8) is 0 Å². The van der Waals surface area contributed by atoms with Gasteiger partial charge in [-0.1, -0.05) is 12.1 Å². The van der Waals surface area contributed by atoms with E-state index in [0.717, 1.165) is 32.5 Å². The van der Waals surface area contributed by atoms with Crippen molar-refractivity contribution in [3.05, 3.63) is 35.4 Å². The molecule has 3 rings (SSSR count). The molecule has 5 nitrogen and oxygen atoms in total. The number of likely N-dealkylation sites (N-methyl/N-ethyl adjacent to an activating group) is 1. The number of hydrogen-bond acceptors (Lipinski definition) is 4. The molecule has 0 atom stereocenters. The second kappa shape index (κ2) is 5.95. The highest BCUT2D eigenvalue weighted by Gasteiger charge is 2.35. The molecule has 2 heterocycles. The lowest BCUT2D eigenvalue weighted by Crippen LogP contribution is -2.45. The predicted molar refractivity (Wildman–Crippen MR) is 80.3 cm³/mol. The number of hydrogen-bond donors (Lipinski definition) is 1. The van der Waals surface area contributed by atoms with Gasteiger partial charge in [0.05, 0.1) is 11.1 Å². The standard InChI is InChI=1S/C16H21N3O2/c1-18(12-6-8-17-9-7-12)10-11-19-15(20)13-4-2-3-5-14(13)16(19)21/h2-5,12,17H,6-11H2,1H3. The molecule has 0 spiro atoms. The van der Waals surface area contributed by atoms with Crippen molar-refractivity contribution >= 4 is 11.8 Å². The van der Waals surface area contributed by atoms with Crippen molar-refractivity contribution in [1.29, 1.82) is 0 Å². The number of nitrogens with one attached hydrogen (secondary N) is 1. The topological polar surface area (TPSA) is 52.7 Å². The van der Waals surface area contributed by atoms with E-state index in [1.54, 1.807) is 24.3 Å². The summed E-state index contributed by atoms with van der Waals surface area (Å²) in [6, 6.07) is 7.60. The lowest BCUT2D eigenvalue weighted by Gasteiger charge is -2.32. The monoisotopic (exact) mass is 287 g/mol. The van der Waals surface area contributed by atoms with Gasteiger partial charge < -0.3 is 10.2 Å². The average molecular weight is 287 g/mol. The molecule has 0 unspecified atom stereocenters. The molecule has 0 aliphatic carbocycles. The smallest absolute Gasteiger partial charge is 0.261 e. The fraction of sp³-hybridized carbons (Fsp3) is 0.500. The van der Waals surface area contributed by atoms with Crippen molar-refractivity contribution in [1.82, 2.24) is 15.1 Å². The van der Waals surface area contributed by atoms with Crippen LogP contribution in [-0.2, 0) is 0 Å². The molecule has 0 aromatic heterocycles. The van der Waals surface area contributed by atoms with Crippen molar-refractivity contribution in [3.8, 4) is 0 Å². The quantitative estimate of drug-likeness (QED) is 0.838. The summed E-state index contributed by atoms with van der Waals surface area (Å²) in [7, 11) is 2.08. The maximum Gasteiger partial charge on any atom is 0.261 e. The van der Waals surface area contributed by atoms with Gasteiger partial charge >= 0.3 is 0 Å². The van der Waals surface area contributed by atoms with Gasteiger partial charge in [0.15, 0.2) is 0 Å². The molecule has 1 aromatic carbocycles. The van der Waals surface area contributed by atoms with Crippen LogP contribution in [-0.4, -0.2) is 60.9 Å². The Kier molecular flexibility index (Phi) is 4.03. The van der Waals surface area contributed by atoms with Crippen molar-refractivity contribution in [2.75, 3.05) is 33.2 Å². The van der Waals surface area contributed by atoms with Crippen LogP contribution in [0.4, 0.5) is 0 Å². The Morgan fingerprint density at radius 2 is 1.71 bits per heavy atom. The van der Waals surface area contributed by atoms with Crippen LogP contribution >= 0.6 is 0 Å². The van der Waals surface area contributed by atoms with Gasteiger partial charge in [-0.05, 0) is 45.1 Å². The summed E-state index contributed by atoms with van der Waals surface area (Å²) >= 11 is 0. The third-order valence-corrected chi connectivity index (χ3v) is 4.49. The second-order valence-corrected chi connectivity index (χ2v) is 5.77. The Labute approximate surface area is 124 Å². The molecule has 0 radical (unpaired) electrons. The first-order chi connectivity index (χ1) is 10.2. The van der Waals surface area contributed by atoms with E-state index in [-0.39, 0.29) is 11.8 Å². The molecule has 1 saturated heterocycles. The van der Waals surface area contributed by atoms with E-state index < -0.39 is 0 Å². The van der Waals surface area contributed by atoms with E-state index in [4.69, 9.17) is 0 Å². The first kappa shape index (κ1) is 14.2. The van der Waals surface area contributed by atoms with Crippen molar-refractivity contribution < 1.29 is 9.59 Å². The minimum Gasteiger partial charge on any atom is -0.317 e. The van der Waals surface area contributed by atoms with Gasteiger partial charge in [0.1, 0.15) is 0 Å². The molecule has 5 heteroatoms. The van der Waals surface area contributed by atoms with Gasteiger partial charge in [-0.3, -0.25) is 14.5 Å². The zero-order chi connectivity index (χ0) is 14.8. The number of fused-ring (bicyclic) bond motifs is 1. The van der Waals surface area contributed by atoms with E-state index in [1.807, 2.05) is 0 Å². The summed E-state index contributed by atoms with van der Waals surface area (Å²) in [6.07, 6.45) is 2.25. The largest absolute Gasteiger partial charge is 0.317 e. The van der Waals surface area contributed by atoms with Gasteiger partial charge in [0, 0.05) is 19.1 Å². The van der Waals surface area contributed by atoms with Gasteiger partial charge in [-0.2, -0.15) is 0 Å². The van der Waals surface area contributed by atoms with Crippen LogP contribution in [0.15, 0.2) is 24.3 Å². The van der Waals surface area contributed by atoms with Gasteiger partial charge in [0.25, 0.3) is 11.8 Å². The average Bonchev–Trinajstić information content (AvgIpc) is 2.78. The molecule has 21 heavy (non-hydrogen) atoms. The number of nitrogens with zero attached hydrogens (tertiary/aromatic N) is 2. The van der Waals surface area contributed by atoms with E-state index in [1.165, 1.54) is 4.90 Å². The summed E-state index contributed by atoms with van der Waals surface area (Å²) < 4.78 is 0. The SMILES string of the molecule is CN(CCN1C(=O)c2ccccc2C1=O)C1CCNCC1. The molecule has 1 aromatic rings. The normalized spacial score (nSPS) is 19.4. The van der Waals surface area contributed by atoms with Crippen LogP contribution in [0.2, 0.25) is 0 Å². The highest BCUT2D eigenvalue weighted by Crippen LogP contribution is 2.22. The molecule has 0 bridgehead atoms. The molecule has 112 valence electrons. The number of amides is 2. The van der Waals surface area contributed by atoms with E-state index in [2.05, 4.69) is 17.3 Å². The fourth-order valence-electron chi connectivity index (χ4n) is 3.13. The van der Waals surface area contributed by atoms with Gasteiger partial charge in [-0.25, -0.2) is 0 Å². The molecule has 1 N–H and O–H groups in total. The minimum atomic E-state index is -0.158. The first-order valence-corrected chi connectivity index (χ1v) is 7.54. The lowest BCUT2D eigenvalue weighted by atomic mass is 10.1. The molecular formula is C16H21N3O2. The lowest BCUT2D eigenvalue weighted by molar-refractivity contribution is 0.0628. The molecule has 1 fully saturated rings. The maximum absolute atomic E-state index is 12.3. The van der Waals surface area contributed by atoms with Crippen LogP contribution in [0, 0.1) is 0 Å².